The summed E-state index contributed by atoms with van der Waals surface area (Å²) in [5.41, 5.74) is 5.23. The maximum absolute atomic E-state index is 11.3. The average Bonchev–Trinajstić information content (AvgIpc) is 2.58. The van der Waals surface area contributed by atoms with Gasteiger partial charge in [0.2, 0.25) is 0 Å². The van der Waals surface area contributed by atoms with Crippen LogP contribution in [0.3, 0.4) is 0 Å². The van der Waals surface area contributed by atoms with Gasteiger partial charge in [-0.2, -0.15) is 5.26 Å². The molecule has 0 saturated carbocycles. The molecule has 82 valence electrons. The van der Waals surface area contributed by atoms with Gasteiger partial charge in [-0.25, -0.2) is 9.89 Å². The van der Waals surface area contributed by atoms with Crippen LogP contribution in [-0.2, 0) is 6.54 Å². The molecule has 0 aliphatic rings. The van der Waals surface area contributed by atoms with Crippen LogP contribution in [0.1, 0.15) is 13.3 Å². The van der Waals surface area contributed by atoms with Gasteiger partial charge in [-0.05, 0) is 6.42 Å². The molecule has 1 atom stereocenters. The monoisotopic (exact) mass is 227 g/mol. The predicted octanol–water partition coefficient (Wildman–Crippen LogP) is -0.0756. The van der Waals surface area contributed by atoms with Crippen LogP contribution in [-0.4, -0.2) is 26.6 Å². The molecular formula is C8H13N5OS. The summed E-state index contributed by atoms with van der Waals surface area (Å²) < 4.78 is 1.55. The molecule has 1 rings (SSSR count). The Morgan fingerprint density at radius 2 is 2.53 bits per heavy atom. The van der Waals surface area contributed by atoms with E-state index >= 15 is 0 Å². The fraction of sp³-hybridized carbons (Fsp3) is 0.625. The van der Waals surface area contributed by atoms with Crippen LogP contribution in [0, 0.1) is 11.3 Å². The van der Waals surface area contributed by atoms with Crippen LogP contribution in [0.2, 0.25) is 0 Å². The van der Waals surface area contributed by atoms with Crippen molar-refractivity contribution < 1.29 is 0 Å². The number of aromatic nitrogens is 3. The van der Waals surface area contributed by atoms with E-state index < -0.39 is 6.04 Å². The van der Waals surface area contributed by atoms with Gasteiger partial charge >= 0.3 is 5.69 Å². The quantitative estimate of drug-likeness (QED) is 0.685. The Kier molecular flexibility index (Phi) is 4.39. The zero-order chi connectivity index (χ0) is 11.3. The summed E-state index contributed by atoms with van der Waals surface area (Å²) in [5.74, 6) is 0.435. The number of nitrogens with zero attached hydrogens (tertiary/aromatic N) is 3. The van der Waals surface area contributed by atoms with Crippen LogP contribution in [0.15, 0.2) is 9.95 Å². The predicted molar refractivity (Wildman–Crippen MR) is 57.5 cm³/mol. The van der Waals surface area contributed by atoms with Crippen molar-refractivity contribution in [2.45, 2.75) is 31.1 Å². The van der Waals surface area contributed by atoms with Gasteiger partial charge in [0, 0.05) is 12.3 Å². The highest BCUT2D eigenvalue weighted by Crippen LogP contribution is 2.13. The summed E-state index contributed by atoms with van der Waals surface area (Å²) in [4.78, 5) is 11.3. The molecule has 0 aromatic carbocycles. The normalized spacial score (nSPS) is 12.3. The second-order valence-corrected chi connectivity index (χ2v) is 4.00. The number of nitriles is 1. The van der Waals surface area contributed by atoms with Crippen molar-refractivity contribution in [3.8, 4) is 6.07 Å². The first-order valence-corrected chi connectivity index (χ1v) is 5.60. The summed E-state index contributed by atoms with van der Waals surface area (Å²) in [6.07, 6.45) is 0.858. The number of nitrogens with one attached hydrogen (secondary N) is 1. The summed E-state index contributed by atoms with van der Waals surface area (Å²) >= 11 is 1.31. The molecule has 0 amide bonds. The molecule has 1 unspecified atom stereocenters. The number of nitrogens with two attached hydrogens (primary N) is 1. The summed E-state index contributed by atoms with van der Waals surface area (Å²) in [5, 5.41) is 15.3. The Labute approximate surface area is 91.5 Å². The third-order valence-electron chi connectivity index (χ3n) is 1.73. The largest absolute Gasteiger partial charge is 0.343 e. The third kappa shape index (κ3) is 3.11. The summed E-state index contributed by atoms with van der Waals surface area (Å²) in [7, 11) is 0. The van der Waals surface area contributed by atoms with Gasteiger partial charge in [0.1, 0.15) is 6.04 Å². The topological polar surface area (TPSA) is 100 Å². The van der Waals surface area contributed by atoms with Crippen LogP contribution in [0.5, 0.6) is 0 Å². The molecule has 1 heterocycles. The lowest BCUT2D eigenvalue weighted by Gasteiger charge is -2.03. The van der Waals surface area contributed by atoms with E-state index in [1.165, 1.54) is 11.8 Å². The first-order chi connectivity index (χ1) is 7.19. The molecule has 3 N–H and O–H groups in total. The molecule has 1 aromatic rings. The smallest absolute Gasteiger partial charge is 0.315 e. The second-order valence-electron chi connectivity index (χ2n) is 3.01. The van der Waals surface area contributed by atoms with Crippen molar-refractivity contribution in [3.05, 3.63) is 10.5 Å². The minimum absolute atomic E-state index is 0.218. The minimum Gasteiger partial charge on any atom is -0.315 e. The standard InChI is InChI=1S/C8H13N5OS/c1-2-3-13-7(14)11-12-8(13)15-5-6(10)4-9/h6H,2-3,5,10H2,1H3,(H,11,14). The minimum atomic E-state index is -0.531. The fourth-order valence-electron chi connectivity index (χ4n) is 1.04. The van der Waals surface area contributed by atoms with Gasteiger partial charge in [0.25, 0.3) is 0 Å². The maximum atomic E-state index is 11.3. The van der Waals surface area contributed by atoms with Crippen LogP contribution < -0.4 is 11.4 Å². The van der Waals surface area contributed by atoms with Crippen LogP contribution in [0.4, 0.5) is 0 Å². The van der Waals surface area contributed by atoms with Gasteiger partial charge in [-0.1, -0.05) is 18.7 Å². The van der Waals surface area contributed by atoms with E-state index in [0.29, 0.717) is 17.5 Å². The molecular weight excluding hydrogens is 214 g/mol. The maximum Gasteiger partial charge on any atom is 0.343 e. The van der Waals surface area contributed by atoms with E-state index in [1.807, 2.05) is 13.0 Å². The van der Waals surface area contributed by atoms with Crippen molar-refractivity contribution in [1.82, 2.24) is 14.8 Å². The molecule has 0 spiro atoms. The molecule has 0 fully saturated rings. The van der Waals surface area contributed by atoms with E-state index in [0.717, 1.165) is 6.42 Å². The van der Waals surface area contributed by atoms with Crippen LogP contribution >= 0.6 is 11.8 Å². The number of thioether (sulfide) groups is 1. The Morgan fingerprint density at radius 3 is 3.13 bits per heavy atom. The number of hydrogen-bond donors (Lipinski definition) is 2. The van der Waals surface area contributed by atoms with Crippen molar-refractivity contribution in [1.29, 1.82) is 5.26 Å². The Hall–Kier alpha value is -1.26. The van der Waals surface area contributed by atoms with Crippen LogP contribution in [0.25, 0.3) is 0 Å². The number of H-pyrrole nitrogens is 1. The molecule has 1 aromatic heterocycles. The van der Waals surface area contributed by atoms with E-state index in [1.54, 1.807) is 4.57 Å². The first kappa shape index (κ1) is 11.8. The average molecular weight is 227 g/mol. The first-order valence-electron chi connectivity index (χ1n) is 4.62. The van der Waals surface area contributed by atoms with Crippen molar-refractivity contribution in [2.75, 3.05) is 5.75 Å². The lowest BCUT2D eigenvalue weighted by atomic mass is 10.4. The molecule has 0 radical (unpaired) electrons. The Bertz CT molecular complexity index is 404. The summed E-state index contributed by atoms with van der Waals surface area (Å²) in [6.45, 7) is 2.61. The lowest BCUT2D eigenvalue weighted by molar-refractivity contribution is 0.603. The SMILES string of the molecule is CCCn1c(SCC(N)C#N)n[nH]c1=O. The highest BCUT2D eigenvalue weighted by molar-refractivity contribution is 7.99. The number of rotatable bonds is 5. The third-order valence-corrected chi connectivity index (χ3v) is 2.82. The van der Waals surface area contributed by atoms with E-state index in [4.69, 9.17) is 11.0 Å². The second kappa shape index (κ2) is 5.58. The van der Waals surface area contributed by atoms with Crippen molar-refractivity contribution in [2.24, 2.45) is 5.73 Å². The Morgan fingerprint density at radius 1 is 1.80 bits per heavy atom. The molecule has 15 heavy (non-hydrogen) atoms. The van der Waals surface area contributed by atoms with E-state index in [2.05, 4.69) is 10.2 Å². The molecule has 7 heteroatoms. The van der Waals surface area contributed by atoms with Gasteiger partial charge in [-0.15, -0.1) is 5.10 Å². The zero-order valence-corrected chi connectivity index (χ0v) is 9.25. The van der Waals surface area contributed by atoms with Gasteiger partial charge in [0.05, 0.1) is 6.07 Å². The van der Waals surface area contributed by atoms with Gasteiger partial charge in [-0.3, -0.25) is 4.57 Å². The number of hydrogen-bond acceptors (Lipinski definition) is 5. The zero-order valence-electron chi connectivity index (χ0n) is 8.43. The molecule has 6 nitrogen and oxygen atoms in total. The molecule has 0 bridgehead atoms. The van der Waals surface area contributed by atoms with Crippen molar-refractivity contribution >= 4 is 11.8 Å². The van der Waals surface area contributed by atoms with E-state index in [9.17, 15) is 4.79 Å². The lowest BCUT2D eigenvalue weighted by Crippen LogP contribution is -2.21. The molecule has 0 aliphatic carbocycles. The van der Waals surface area contributed by atoms with E-state index in [-0.39, 0.29) is 5.69 Å². The fourth-order valence-corrected chi connectivity index (χ4v) is 1.88. The molecule has 0 aliphatic heterocycles. The highest BCUT2D eigenvalue weighted by atomic mass is 32.2. The molecule has 0 saturated heterocycles. The Balaban J connectivity index is 2.69. The van der Waals surface area contributed by atoms with Crippen molar-refractivity contribution in [3.63, 3.8) is 0 Å². The van der Waals surface area contributed by atoms with Gasteiger partial charge < -0.3 is 5.73 Å². The highest BCUT2D eigenvalue weighted by Gasteiger charge is 2.09. The van der Waals surface area contributed by atoms with Gasteiger partial charge in [0.15, 0.2) is 5.16 Å². The summed E-state index contributed by atoms with van der Waals surface area (Å²) in [6, 6.07) is 1.39. The number of aromatic amines is 1.